The smallest absolute Gasteiger partial charge is 0.108 e. The van der Waals surface area contributed by atoms with Gasteiger partial charge in [0.05, 0.1) is 11.0 Å². The first-order valence-corrected chi connectivity index (χ1v) is 5.65. The van der Waals surface area contributed by atoms with Gasteiger partial charge in [0.25, 0.3) is 0 Å². The van der Waals surface area contributed by atoms with Gasteiger partial charge in [0.2, 0.25) is 0 Å². The predicted octanol–water partition coefficient (Wildman–Crippen LogP) is 1.08. The molecule has 4 heteroatoms. The molecule has 0 fully saturated rings. The molecule has 0 spiro atoms. The maximum Gasteiger partial charge on any atom is 0.108 e. The van der Waals surface area contributed by atoms with Crippen molar-refractivity contribution in [1.82, 2.24) is 15.3 Å². The quantitative estimate of drug-likeness (QED) is 0.637. The molecule has 0 radical (unpaired) electrons. The third-order valence-corrected chi connectivity index (χ3v) is 2.49. The Morgan fingerprint density at radius 3 is 2.94 bits per heavy atom. The molecule has 2 rings (SSSR count). The highest BCUT2D eigenvalue weighted by atomic mass is 16.3. The van der Waals surface area contributed by atoms with Gasteiger partial charge in [-0.3, -0.25) is 0 Å². The Kier molecular flexibility index (Phi) is 3.91. The van der Waals surface area contributed by atoms with Crippen molar-refractivity contribution in [3.63, 3.8) is 0 Å². The van der Waals surface area contributed by atoms with Crippen LogP contribution in [0.15, 0.2) is 24.3 Å². The normalized spacial score (nSPS) is 11.1. The molecule has 1 heterocycles. The Hall–Kier alpha value is -1.39. The lowest BCUT2D eigenvalue weighted by atomic mass is 10.3. The molecule has 16 heavy (non-hydrogen) atoms. The highest BCUT2D eigenvalue weighted by Gasteiger charge is 2.00. The van der Waals surface area contributed by atoms with E-state index in [0.29, 0.717) is 0 Å². The number of hydrogen-bond acceptors (Lipinski definition) is 3. The van der Waals surface area contributed by atoms with E-state index in [1.807, 2.05) is 24.3 Å². The van der Waals surface area contributed by atoms with Crippen LogP contribution in [0.5, 0.6) is 0 Å². The summed E-state index contributed by atoms with van der Waals surface area (Å²) in [6, 6.07) is 8.04. The molecule has 0 saturated heterocycles. The second kappa shape index (κ2) is 5.63. The monoisotopic (exact) mass is 219 g/mol. The van der Waals surface area contributed by atoms with E-state index in [9.17, 15) is 0 Å². The van der Waals surface area contributed by atoms with Crippen molar-refractivity contribution in [2.24, 2.45) is 0 Å². The number of aliphatic hydroxyl groups excluding tert-OH is 1. The summed E-state index contributed by atoms with van der Waals surface area (Å²) in [6.45, 7) is 1.99. The van der Waals surface area contributed by atoms with E-state index in [2.05, 4.69) is 15.3 Å². The molecule has 0 atom stereocenters. The van der Waals surface area contributed by atoms with Gasteiger partial charge >= 0.3 is 0 Å². The summed E-state index contributed by atoms with van der Waals surface area (Å²) in [5, 5.41) is 11.9. The number of hydrogen-bond donors (Lipinski definition) is 3. The van der Waals surface area contributed by atoms with Crippen LogP contribution in [-0.2, 0) is 6.42 Å². The highest BCUT2D eigenvalue weighted by molar-refractivity contribution is 5.74. The Balaban J connectivity index is 1.85. The topological polar surface area (TPSA) is 60.9 Å². The Morgan fingerprint density at radius 2 is 2.12 bits per heavy atom. The molecule has 0 bridgehead atoms. The van der Waals surface area contributed by atoms with E-state index < -0.39 is 0 Å². The van der Waals surface area contributed by atoms with Gasteiger partial charge in [-0.15, -0.1) is 0 Å². The zero-order valence-corrected chi connectivity index (χ0v) is 9.24. The van der Waals surface area contributed by atoms with Gasteiger partial charge in [-0.1, -0.05) is 12.1 Å². The summed E-state index contributed by atoms with van der Waals surface area (Å²) >= 11 is 0. The molecule has 86 valence electrons. The molecule has 1 aromatic carbocycles. The van der Waals surface area contributed by atoms with Crippen molar-refractivity contribution >= 4 is 11.0 Å². The van der Waals surface area contributed by atoms with Crippen LogP contribution in [0.4, 0.5) is 0 Å². The lowest BCUT2D eigenvalue weighted by molar-refractivity contribution is 0.286. The number of benzene rings is 1. The summed E-state index contributed by atoms with van der Waals surface area (Å²) in [4.78, 5) is 7.77. The van der Waals surface area contributed by atoms with Gasteiger partial charge in [0, 0.05) is 19.6 Å². The van der Waals surface area contributed by atoms with E-state index in [4.69, 9.17) is 5.11 Å². The molecule has 0 aliphatic heterocycles. The number of H-pyrrole nitrogens is 1. The zero-order chi connectivity index (χ0) is 11.2. The number of aromatic nitrogens is 2. The van der Waals surface area contributed by atoms with Crippen molar-refractivity contribution in [3.05, 3.63) is 30.1 Å². The van der Waals surface area contributed by atoms with Crippen LogP contribution in [-0.4, -0.2) is 34.8 Å². The summed E-state index contributed by atoms with van der Waals surface area (Å²) in [5.74, 6) is 1.01. The molecule has 0 aliphatic rings. The van der Waals surface area contributed by atoms with Crippen LogP contribution in [0.1, 0.15) is 12.2 Å². The van der Waals surface area contributed by atoms with Crippen molar-refractivity contribution in [2.75, 3.05) is 19.7 Å². The maximum absolute atomic E-state index is 8.62. The molecule has 0 aliphatic carbocycles. The second-order valence-electron chi connectivity index (χ2n) is 3.78. The number of rotatable bonds is 6. The molecule has 4 nitrogen and oxygen atoms in total. The van der Waals surface area contributed by atoms with Crippen molar-refractivity contribution in [1.29, 1.82) is 0 Å². The maximum atomic E-state index is 8.62. The number of imidazole rings is 1. The molecule has 0 amide bonds. The number of aromatic amines is 1. The predicted molar refractivity (Wildman–Crippen MR) is 64.4 cm³/mol. The molecule has 0 unspecified atom stereocenters. The van der Waals surface area contributed by atoms with Crippen LogP contribution < -0.4 is 5.32 Å². The van der Waals surface area contributed by atoms with Gasteiger partial charge in [0.15, 0.2) is 0 Å². The van der Waals surface area contributed by atoms with Crippen LogP contribution in [0.3, 0.4) is 0 Å². The standard InChI is InChI=1S/C12H17N3O/c16-9-3-7-13-8-6-12-14-10-4-1-2-5-11(10)15-12/h1-2,4-5,13,16H,3,6-9H2,(H,14,15). The van der Waals surface area contributed by atoms with E-state index in [1.165, 1.54) is 0 Å². The number of para-hydroxylation sites is 2. The third kappa shape index (κ3) is 2.81. The lowest BCUT2D eigenvalue weighted by Gasteiger charge is -2.00. The summed E-state index contributed by atoms with van der Waals surface area (Å²) in [7, 11) is 0. The first-order valence-electron chi connectivity index (χ1n) is 5.65. The van der Waals surface area contributed by atoms with Crippen LogP contribution in [0.25, 0.3) is 11.0 Å². The number of aliphatic hydroxyl groups is 1. The molecule has 1 aromatic heterocycles. The van der Waals surface area contributed by atoms with Gasteiger partial charge in [-0.2, -0.15) is 0 Å². The SMILES string of the molecule is OCCCNCCc1nc2ccccc2[nH]1. The van der Waals surface area contributed by atoms with E-state index in [-0.39, 0.29) is 6.61 Å². The molecule has 0 saturated carbocycles. The van der Waals surface area contributed by atoms with Gasteiger partial charge < -0.3 is 15.4 Å². The molecular formula is C12H17N3O. The molecule has 3 N–H and O–H groups in total. The van der Waals surface area contributed by atoms with Gasteiger partial charge in [0.1, 0.15) is 5.82 Å². The van der Waals surface area contributed by atoms with Crippen molar-refractivity contribution in [3.8, 4) is 0 Å². The lowest BCUT2D eigenvalue weighted by Crippen LogP contribution is -2.19. The summed E-state index contributed by atoms with van der Waals surface area (Å²) < 4.78 is 0. The number of nitrogens with zero attached hydrogens (tertiary/aromatic N) is 1. The Bertz CT molecular complexity index is 406. The van der Waals surface area contributed by atoms with Gasteiger partial charge in [-0.05, 0) is 25.1 Å². The fraction of sp³-hybridized carbons (Fsp3) is 0.417. The average Bonchev–Trinajstić information content (AvgIpc) is 2.71. The minimum atomic E-state index is 0.248. The fourth-order valence-electron chi connectivity index (χ4n) is 1.66. The first-order chi connectivity index (χ1) is 7.90. The minimum Gasteiger partial charge on any atom is -0.396 e. The second-order valence-corrected chi connectivity index (χ2v) is 3.78. The minimum absolute atomic E-state index is 0.248. The van der Waals surface area contributed by atoms with Crippen molar-refractivity contribution < 1.29 is 5.11 Å². The van der Waals surface area contributed by atoms with E-state index in [1.54, 1.807) is 0 Å². The van der Waals surface area contributed by atoms with E-state index >= 15 is 0 Å². The van der Waals surface area contributed by atoms with Crippen LogP contribution >= 0.6 is 0 Å². The van der Waals surface area contributed by atoms with Gasteiger partial charge in [-0.25, -0.2) is 4.98 Å². The molecule has 2 aromatic rings. The zero-order valence-electron chi connectivity index (χ0n) is 9.24. The Labute approximate surface area is 94.7 Å². The Morgan fingerprint density at radius 1 is 1.25 bits per heavy atom. The largest absolute Gasteiger partial charge is 0.396 e. The van der Waals surface area contributed by atoms with Crippen LogP contribution in [0, 0.1) is 0 Å². The summed E-state index contributed by atoms with van der Waals surface area (Å²) in [6.07, 6.45) is 1.69. The summed E-state index contributed by atoms with van der Waals surface area (Å²) in [5.41, 5.74) is 2.11. The van der Waals surface area contributed by atoms with E-state index in [0.717, 1.165) is 42.8 Å². The molecular weight excluding hydrogens is 202 g/mol. The van der Waals surface area contributed by atoms with Crippen molar-refractivity contribution in [2.45, 2.75) is 12.8 Å². The first kappa shape index (κ1) is 11.1. The number of fused-ring (bicyclic) bond motifs is 1. The highest BCUT2D eigenvalue weighted by Crippen LogP contribution is 2.09. The number of nitrogens with one attached hydrogen (secondary N) is 2. The van der Waals surface area contributed by atoms with Crippen LogP contribution in [0.2, 0.25) is 0 Å². The fourth-order valence-corrected chi connectivity index (χ4v) is 1.66. The average molecular weight is 219 g/mol. The third-order valence-electron chi connectivity index (χ3n) is 2.49.